The number of nitrogens with zero attached hydrogens (tertiary/aromatic N) is 1. The highest BCUT2D eigenvalue weighted by Gasteiger charge is 2.27. The molecule has 9 heteroatoms. The van der Waals surface area contributed by atoms with Crippen molar-refractivity contribution in [1.82, 2.24) is 10.5 Å². The van der Waals surface area contributed by atoms with Gasteiger partial charge in [0.2, 0.25) is 5.91 Å². The average Bonchev–Trinajstić information content (AvgIpc) is 3.19. The molecule has 0 fully saturated rings. The van der Waals surface area contributed by atoms with Gasteiger partial charge in [-0.3, -0.25) is 9.59 Å². The second-order valence-corrected chi connectivity index (χ2v) is 6.16. The maximum atomic E-state index is 12.3. The van der Waals surface area contributed by atoms with Crippen molar-refractivity contribution in [3.8, 4) is 11.3 Å². The number of halogens is 3. The summed E-state index contributed by atoms with van der Waals surface area (Å²) in [5, 5.41) is 8.19. The standard InChI is InChI=1S/C20H16F3N3O3/c21-20(22,23)12-24-18(27)10-13-6-8-15(9-7-13)25-19(28)16-11-17(29-26-16)14-4-2-1-3-5-14/h1-9,11H,10,12H2,(H,24,27)(H,25,28). The summed E-state index contributed by atoms with van der Waals surface area (Å²) in [6.07, 6.45) is -4.65. The molecular formula is C20H16F3N3O3. The molecule has 150 valence electrons. The molecule has 0 saturated heterocycles. The van der Waals surface area contributed by atoms with E-state index in [1.165, 1.54) is 6.07 Å². The topological polar surface area (TPSA) is 84.2 Å². The first-order valence-electron chi connectivity index (χ1n) is 8.56. The number of rotatable bonds is 6. The molecule has 0 radical (unpaired) electrons. The molecule has 3 aromatic rings. The van der Waals surface area contributed by atoms with Crippen LogP contribution < -0.4 is 10.6 Å². The number of hydrogen-bond donors (Lipinski definition) is 2. The van der Waals surface area contributed by atoms with E-state index in [1.807, 2.05) is 30.3 Å². The van der Waals surface area contributed by atoms with Crippen molar-refractivity contribution in [2.45, 2.75) is 12.6 Å². The Balaban J connectivity index is 1.56. The van der Waals surface area contributed by atoms with Crippen LogP contribution in [0.3, 0.4) is 0 Å². The van der Waals surface area contributed by atoms with Crippen molar-refractivity contribution in [2.75, 3.05) is 11.9 Å². The summed E-state index contributed by atoms with van der Waals surface area (Å²) in [6.45, 7) is -1.37. The summed E-state index contributed by atoms with van der Waals surface area (Å²) in [6, 6.07) is 16.9. The Morgan fingerprint density at radius 3 is 2.34 bits per heavy atom. The number of benzene rings is 2. The molecule has 0 spiro atoms. The monoisotopic (exact) mass is 403 g/mol. The summed E-state index contributed by atoms with van der Waals surface area (Å²) in [4.78, 5) is 23.8. The quantitative estimate of drug-likeness (QED) is 0.656. The van der Waals surface area contributed by atoms with Gasteiger partial charge >= 0.3 is 6.18 Å². The van der Waals surface area contributed by atoms with Crippen LogP contribution in [0.25, 0.3) is 11.3 Å². The molecule has 29 heavy (non-hydrogen) atoms. The summed E-state index contributed by atoms with van der Waals surface area (Å²) >= 11 is 0. The van der Waals surface area contributed by atoms with Crippen LogP contribution in [0.5, 0.6) is 0 Å². The van der Waals surface area contributed by atoms with Crippen molar-refractivity contribution in [3.63, 3.8) is 0 Å². The molecule has 0 aliphatic carbocycles. The predicted octanol–water partition coefficient (Wildman–Crippen LogP) is 3.81. The minimum atomic E-state index is -4.45. The molecule has 3 rings (SSSR count). The number of nitrogens with one attached hydrogen (secondary N) is 2. The highest BCUT2D eigenvalue weighted by atomic mass is 19.4. The van der Waals surface area contributed by atoms with Gasteiger partial charge in [-0.15, -0.1) is 0 Å². The second kappa shape index (κ2) is 8.59. The van der Waals surface area contributed by atoms with E-state index in [0.717, 1.165) is 5.56 Å². The smallest absolute Gasteiger partial charge is 0.355 e. The van der Waals surface area contributed by atoms with Gasteiger partial charge in [0.25, 0.3) is 5.91 Å². The molecular weight excluding hydrogens is 387 g/mol. The zero-order chi connectivity index (χ0) is 20.9. The molecule has 2 N–H and O–H groups in total. The lowest BCUT2D eigenvalue weighted by Crippen LogP contribution is -2.34. The highest BCUT2D eigenvalue weighted by Crippen LogP contribution is 2.20. The number of anilines is 1. The van der Waals surface area contributed by atoms with Crippen molar-refractivity contribution in [2.24, 2.45) is 0 Å². The Bertz CT molecular complexity index is 983. The van der Waals surface area contributed by atoms with E-state index in [9.17, 15) is 22.8 Å². The Hall–Kier alpha value is -3.62. The maximum Gasteiger partial charge on any atom is 0.405 e. The number of carbonyl (C=O) groups is 2. The van der Waals surface area contributed by atoms with Crippen LogP contribution in [0.15, 0.2) is 65.2 Å². The van der Waals surface area contributed by atoms with Gasteiger partial charge in [0.1, 0.15) is 6.54 Å². The first-order valence-corrected chi connectivity index (χ1v) is 8.56. The lowest BCUT2D eigenvalue weighted by Gasteiger charge is -2.09. The van der Waals surface area contributed by atoms with E-state index in [4.69, 9.17) is 4.52 Å². The second-order valence-electron chi connectivity index (χ2n) is 6.16. The first-order chi connectivity index (χ1) is 13.8. The molecule has 0 aliphatic heterocycles. The number of alkyl halides is 3. The summed E-state index contributed by atoms with van der Waals surface area (Å²) in [5.74, 6) is -0.766. The van der Waals surface area contributed by atoms with Gasteiger partial charge in [0, 0.05) is 17.3 Å². The van der Waals surface area contributed by atoms with E-state index in [1.54, 1.807) is 29.6 Å². The third-order valence-electron chi connectivity index (χ3n) is 3.86. The highest BCUT2D eigenvalue weighted by molar-refractivity contribution is 6.03. The predicted molar refractivity (Wildman–Crippen MR) is 99.1 cm³/mol. The fourth-order valence-electron chi connectivity index (χ4n) is 2.47. The van der Waals surface area contributed by atoms with Crippen LogP contribution in [0, 0.1) is 0 Å². The Labute approximate surface area is 163 Å². The molecule has 0 atom stereocenters. The van der Waals surface area contributed by atoms with Gasteiger partial charge in [-0.05, 0) is 17.7 Å². The number of amides is 2. The van der Waals surface area contributed by atoms with Crippen LogP contribution >= 0.6 is 0 Å². The van der Waals surface area contributed by atoms with Crippen molar-refractivity contribution >= 4 is 17.5 Å². The van der Waals surface area contributed by atoms with Gasteiger partial charge in [0.15, 0.2) is 11.5 Å². The zero-order valence-electron chi connectivity index (χ0n) is 15.0. The SMILES string of the molecule is O=C(Cc1ccc(NC(=O)c2cc(-c3ccccc3)on2)cc1)NCC(F)(F)F. The largest absolute Gasteiger partial charge is 0.405 e. The molecule has 1 aromatic heterocycles. The summed E-state index contributed by atoms with van der Waals surface area (Å²) in [7, 11) is 0. The van der Waals surface area contributed by atoms with Gasteiger partial charge < -0.3 is 15.2 Å². The van der Waals surface area contributed by atoms with E-state index < -0.39 is 24.5 Å². The molecule has 2 amide bonds. The Morgan fingerprint density at radius 2 is 1.69 bits per heavy atom. The Morgan fingerprint density at radius 1 is 1.00 bits per heavy atom. The normalized spacial score (nSPS) is 11.1. The molecule has 0 bridgehead atoms. The molecule has 0 saturated carbocycles. The Kier molecular flexibility index (Phi) is 5.96. The van der Waals surface area contributed by atoms with Crippen molar-refractivity contribution in [3.05, 3.63) is 71.9 Å². The fourth-order valence-corrected chi connectivity index (χ4v) is 2.47. The first kappa shape index (κ1) is 20.1. The van der Waals surface area contributed by atoms with Gasteiger partial charge in [-0.2, -0.15) is 13.2 Å². The molecule has 0 aliphatic rings. The number of aromatic nitrogens is 1. The van der Waals surface area contributed by atoms with E-state index in [-0.39, 0.29) is 12.1 Å². The minimum Gasteiger partial charge on any atom is -0.355 e. The number of carbonyl (C=O) groups excluding carboxylic acids is 2. The van der Waals surface area contributed by atoms with Crippen LogP contribution in [0.1, 0.15) is 16.1 Å². The maximum absolute atomic E-state index is 12.3. The zero-order valence-corrected chi connectivity index (χ0v) is 15.0. The summed E-state index contributed by atoms with van der Waals surface area (Å²) < 4.78 is 41.5. The van der Waals surface area contributed by atoms with Crippen LogP contribution in [0.2, 0.25) is 0 Å². The average molecular weight is 403 g/mol. The molecule has 1 heterocycles. The number of hydrogen-bond acceptors (Lipinski definition) is 4. The molecule has 0 unspecified atom stereocenters. The van der Waals surface area contributed by atoms with Crippen molar-refractivity contribution in [1.29, 1.82) is 0 Å². The van der Waals surface area contributed by atoms with E-state index in [0.29, 0.717) is 17.0 Å². The van der Waals surface area contributed by atoms with E-state index >= 15 is 0 Å². The molecule has 6 nitrogen and oxygen atoms in total. The van der Waals surface area contributed by atoms with Gasteiger partial charge in [0.05, 0.1) is 6.42 Å². The third-order valence-corrected chi connectivity index (χ3v) is 3.86. The van der Waals surface area contributed by atoms with E-state index in [2.05, 4.69) is 10.5 Å². The van der Waals surface area contributed by atoms with Crippen LogP contribution in [-0.4, -0.2) is 29.7 Å². The van der Waals surface area contributed by atoms with Gasteiger partial charge in [-0.25, -0.2) is 0 Å². The third kappa shape index (κ3) is 5.93. The summed E-state index contributed by atoms with van der Waals surface area (Å²) in [5.41, 5.74) is 1.83. The van der Waals surface area contributed by atoms with Crippen molar-refractivity contribution < 1.29 is 27.3 Å². The lowest BCUT2D eigenvalue weighted by molar-refractivity contribution is -0.138. The molecule has 2 aromatic carbocycles. The van der Waals surface area contributed by atoms with Crippen LogP contribution in [-0.2, 0) is 11.2 Å². The minimum absolute atomic E-state index is 0.0967. The van der Waals surface area contributed by atoms with Gasteiger partial charge in [-0.1, -0.05) is 47.6 Å². The lowest BCUT2D eigenvalue weighted by atomic mass is 10.1. The fraction of sp³-hybridized carbons (Fsp3) is 0.150. The van der Waals surface area contributed by atoms with Crippen LogP contribution in [0.4, 0.5) is 18.9 Å².